The summed E-state index contributed by atoms with van der Waals surface area (Å²) in [5, 5.41) is 0.331. The molecule has 3 aromatic rings. The summed E-state index contributed by atoms with van der Waals surface area (Å²) in [4.78, 5) is 17.3. The zero-order valence-corrected chi connectivity index (χ0v) is 18.8. The van der Waals surface area contributed by atoms with E-state index in [2.05, 4.69) is 30.5 Å². The predicted molar refractivity (Wildman–Crippen MR) is 120 cm³/mol. The van der Waals surface area contributed by atoms with Gasteiger partial charge in [-0.2, -0.15) is 0 Å². The van der Waals surface area contributed by atoms with Gasteiger partial charge in [0.2, 0.25) is 0 Å². The van der Waals surface area contributed by atoms with E-state index in [1.54, 1.807) is 49.5 Å². The Morgan fingerprint density at radius 1 is 1.00 bits per heavy atom. The fourth-order valence-electron chi connectivity index (χ4n) is 3.00. The normalized spacial score (nSPS) is 11.9. The zero-order chi connectivity index (χ0) is 22.1. The Bertz CT molecular complexity index is 1200. The van der Waals surface area contributed by atoms with Gasteiger partial charge in [-0.25, -0.2) is 8.42 Å². The number of benzene rings is 2. The number of hydrogen-bond donors (Lipinski definition) is 1. The van der Waals surface area contributed by atoms with Gasteiger partial charge >= 0.3 is 0 Å². The smallest absolute Gasteiger partial charge is 0.261 e. The number of nitrogens with zero attached hydrogens (tertiary/aromatic N) is 1. The largest absolute Gasteiger partial charge is 0.288 e. The van der Waals surface area contributed by atoms with E-state index in [0.29, 0.717) is 16.3 Å². The second-order valence-corrected chi connectivity index (χ2v) is 10.2. The maximum atomic E-state index is 13.1. The van der Waals surface area contributed by atoms with Crippen molar-refractivity contribution in [2.45, 2.75) is 38.0 Å². The highest BCUT2D eigenvalue weighted by Crippen LogP contribution is 2.28. The minimum Gasteiger partial charge on any atom is -0.288 e. The average Bonchev–Trinajstić information content (AvgIpc) is 2.68. The molecule has 0 unspecified atom stereocenters. The van der Waals surface area contributed by atoms with Crippen molar-refractivity contribution in [3.05, 3.63) is 88.2 Å². The van der Waals surface area contributed by atoms with Crippen LogP contribution in [-0.4, -0.2) is 19.2 Å². The van der Waals surface area contributed by atoms with Gasteiger partial charge in [0.05, 0.1) is 10.6 Å². The minimum atomic E-state index is -3.90. The molecular formula is C23H23ClN2O3S. The van der Waals surface area contributed by atoms with Crippen molar-refractivity contribution in [3.8, 4) is 0 Å². The van der Waals surface area contributed by atoms with Crippen molar-refractivity contribution in [2.24, 2.45) is 0 Å². The van der Waals surface area contributed by atoms with E-state index in [0.717, 1.165) is 5.56 Å². The van der Waals surface area contributed by atoms with E-state index in [1.807, 2.05) is 0 Å². The van der Waals surface area contributed by atoms with Crippen LogP contribution in [0.3, 0.4) is 0 Å². The standard InChI is InChI=1S/C23H23ClN2O3S/c1-15-19(6-5-13-25-15)22(27)20-14-17(24)9-12-21(20)26-30(28,29)18-10-7-16(8-11-18)23(2,3)4/h5-14,26H,1-4H3. The van der Waals surface area contributed by atoms with Gasteiger partial charge in [0.25, 0.3) is 10.0 Å². The Morgan fingerprint density at radius 2 is 1.67 bits per heavy atom. The van der Waals surface area contributed by atoms with Crippen molar-refractivity contribution < 1.29 is 13.2 Å². The third-order valence-electron chi connectivity index (χ3n) is 4.75. The molecule has 0 saturated heterocycles. The molecule has 0 aliphatic carbocycles. The molecule has 7 heteroatoms. The number of sulfonamides is 1. The van der Waals surface area contributed by atoms with Crippen molar-refractivity contribution in [1.82, 2.24) is 4.98 Å². The second kappa shape index (κ2) is 8.20. The van der Waals surface area contributed by atoms with Gasteiger partial charge in [-0.3, -0.25) is 14.5 Å². The fourth-order valence-corrected chi connectivity index (χ4v) is 4.25. The number of anilines is 1. The molecule has 3 rings (SSSR count). The van der Waals surface area contributed by atoms with Gasteiger partial charge in [-0.1, -0.05) is 44.5 Å². The van der Waals surface area contributed by atoms with Gasteiger partial charge in [0.15, 0.2) is 5.78 Å². The number of carbonyl (C=O) groups is 1. The first-order valence-corrected chi connectivity index (χ1v) is 11.2. The minimum absolute atomic E-state index is 0.0902. The van der Waals surface area contributed by atoms with Crippen LogP contribution in [0.25, 0.3) is 0 Å². The molecule has 0 aliphatic rings. The molecule has 0 spiro atoms. The first-order valence-electron chi connectivity index (χ1n) is 9.38. The van der Waals surface area contributed by atoms with Crippen molar-refractivity contribution in [2.75, 3.05) is 4.72 Å². The molecule has 0 radical (unpaired) electrons. The molecule has 0 fully saturated rings. The van der Waals surface area contributed by atoms with Crippen LogP contribution < -0.4 is 4.72 Å². The predicted octanol–water partition coefficient (Wildman–Crippen LogP) is 5.37. The number of carbonyl (C=O) groups excluding carboxylic acids is 1. The van der Waals surface area contributed by atoms with Crippen LogP contribution >= 0.6 is 11.6 Å². The zero-order valence-electron chi connectivity index (χ0n) is 17.2. The molecule has 2 aromatic carbocycles. The summed E-state index contributed by atoms with van der Waals surface area (Å²) in [5.41, 5.74) is 2.19. The number of nitrogens with one attached hydrogen (secondary N) is 1. The van der Waals surface area contributed by atoms with Gasteiger partial charge in [-0.05, 0) is 60.4 Å². The highest BCUT2D eigenvalue weighted by Gasteiger charge is 2.22. The van der Waals surface area contributed by atoms with E-state index in [1.165, 1.54) is 18.2 Å². The first kappa shape index (κ1) is 22.0. The Kier molecular flexibility index (Phi) is 6.01. The monoisotopic (exact) mass is 442 g/mol. The van der Waals surface area contributed by atoms with Crippen LogP contribution in [0, 0.1) is 6.92 Å². The molecule has 30 heavy (non-hydrogen) atoms. The maximum absolute atomic E-state index is 13.1. The highest BCUT2D eigenvalue weighted by molar-refractivity contribution is 7.92. The third-order valence-corrected chi connectivity index (χ3v) is 6.37. The number of aryl methyl sites for hydroxylation is 1. The van der Waals surface area contributed by atoms with Crippen molar-refractivity contribution in [3.63, 3.8) is 0 Å². The van der Waals surface area contributed by atoms with Crippen molar-refractivity contribution in [1.29, 1.82) is 0 Å². The SMILES string of the molecule is Cc1ncccc1C(=O)c1cc(Cl)ccc1NS(=O)(=O)c1ccc(C(C)(C)C)cc1. The Hall–Kier alpha value is -2.70. The van der Waals surface area contributed by atoms with Gasteiger partial charge in [-0.15, -0.1) is 0 Å². The van der Waals surface area contributed by atoms with Gasteiger partial charge in [0, 0.05) is 28.0 Å². The molecule has 0 aliphatic heterocycles. The van der Waals surface area contributed by atoms with Crippen LogP contribution in [0.5, 0.6) is 0 Å². The molecule has 1 aromatic heterocycles. The topological polar surface area (TPSA) is 76.1 Å². The molecule has 156 valence electrons. The Morgan fingerprint density at radius 3 is 2.27 bits per heavy atom. The van der Waals surface area contributed by atoms with Crippen molar-refractivity contribution >= 4 is 33.1 Å². The molecule has 1 N–H and O–H groups in total. The lowest BCUT2D eigenvalue weighted by molar-refractivity contribution is 0.103. The summed E-state index contributed by atoms with van der Waals surface area (Å²) in [6, 6.07) is 14.5. The van der Waals surface area contributed by atoms with E-state index in [4.69, 9.17) is 11.6 Å². The maximum Gasteiger partial charge on any atom is 0.261 e. The summed E-state index contributed by atoms with van der Waals surface area (Å²) < 4.78 is 28.4. The lowest BCUT2D eigenvalue weighted by Crippen LogP contribution is -2.17. The van der Waals surface area contributed by atoms with Crippen LogP contribution in [0.4, 0.5) is 5.69 Å². The van der Waals surface area contributed by atoms with E-state index in [-0.39, 0.29) is 27.3 Å². The molecule has 0 amide bonds. The number of halogens is 1. The third kappa shape index (κ3) is 4.71. The van der Waals surface area contributed by atoms with Crippen LogP contribution in [0.15, 0.2) is 65.7 Å². The van der Waals surface area contributed by atoms with E-state index < -0.39 is 10.0 Å². The van der Waals surface area contributed by atoms with Crippen LogP contribution in [0.1, 0.15) is 48.0 Å². The number of hydrogen-bond acceptors (Lipinski definition) is 4. The molecule has 0 bridgehead atoms. The fraction of sp³-hybridized carbons (Fsp3) is 0.217. The molecule has 1 heterocycles. The summed E-state index contributed by atoms with van der Waals surface area (Å²) in [6.45, 7) is 7.89. The number of pyridine rings is 1. The summed E-state index contributed by atoms with van der Waals surface area (Å²) in [5.74, 6) is -0.358. The van der Waals surface area contributed by atoms with Crippen LogP contribution in [0.2, 0.25) is 5.02 Å². The molecule has 5 nitrogen and oxygen atoms in total. The number of rotatable bonds is 5. The number of aromatic nitrogens is 1. The molecule has 0 saturated carbocycles. The highest BCUT2D eigenvalue weighted by atomic mass is 35.5. The summed E-state index contributed by atoms with van der Waals surface area (Å²) >= 11 is 6.09. The lowest BCUT2D eigenvalue weighted by Gasteiger charge is -2.19. The quantitative estimate of drug-likeness (QED) is 0.538. The Labute approximate surface area is 182 Å². The van der Waals surface area contributed by atoms with Gasteiger partial charge < -0.3 is 0 Å². The van der Waals surface area contributed by atoms with E-state index in [9.17, 15) is 13.2 Å². The molecular weight excluding hydrogens is 420 g/mol. The summed E-state index contributed by atoms with van der Waals surface area (Å²) in [7, 11) is -3.90. The molecule has 0 atom stereocenters. The van der Waals surface area contributed by atoms with E-state index >= 15 is 0 Å². The first-order chi connectivity index (χ1) is 14.0. The lowest BCUT2D eigenvalue weighted by atomic mass is 9.87. The average molecular weight is 443 g/mol. The second-order valence-electron chi connectivity index (χ2n) is 8.04. The summed E-state index contributed by atoms with van der Waals surface area (Å²) in [6.07, 6.45) is 1.59. The Balaban J connectivity index is 1.99. The van der Waals surface area contributed by atoms with Crippen LogP contribution in [-0.2, 0) is 15.4 Å². The number of ketones is 1. The van der Waals surface area contributed by atoms with Gasteiger partial charge in [0.1, 0.15) is 0 Å².